The van der Waals surface area contributed by atoms with Crippen LogP contribution >= 0.6 is 7.37 Å². The van der Waals surface area contributed by atoms with Crippen LogP contribution in [-0.4, -0.2) is 34.9 Å². The maximum Gasteiger partial charge on any atom is 0.320 e. The third-order valence-electron chi connectivity index (χ3n) is 3.65. The van der Waals surface area contributed by atoms with Crippen LogP contribution in [0.4, 0.5) is 0 Å². The molecule has 4 N–H and O–H groups in total. The molecule has 27 heavy (non-hydrogen) atoms. The molecule has 146 valence electrons. The first kappa shape index (κ1) is 22.6. The Hall–Kier alpha value is -2.47. The van der Waals surface area contributed by atoms with Crippen molar-refractivity contribution in [2.45, 2.75) is 25.8 Å². The molecule has 0 saturated heterocycles. The highest BCUT2D eigenvalue weighted by molar-refractivity contribution is 7.73. The zero-order valence-corrected chi connectivity index (χ0v) is 16.1. The number of rotatable bonds is 7. The molecule has 0 aliphatic carbocycles. The first-order valence-electron chi connectivity index (χ1n) is 8.19. The standard InChI is InChI=1S/C13H13O3P.C6H11NO3/c1-16-11-7-9-13(10-8-11)17(14,15)12-5-3-2-4-6-12;1-4(8)2-3-5(7)6(9)10/h2-10H,1H3,(H,14,15);5H,2-3,7H2,1H3,(H,9,10). The fourth-order valence-electron chi connectivity index (χ4n) is 2.05. The molecular formula is C19H24NO6P. The van der Waals surface area contributed by atoms with E-state index in [1.54, 1.807) is 55.6 Å². The fraction of sp³-hybridized carbons (Fsp3) is 0.263. The lowest BCUT2D eigenvalue weighted by Gasteiger charge is -2.12. The van der Waals surface area contributed by atoms with Crippen molar-refractivity contribution in [2.75, 3.05) is 7.11 Å². The molecule has 7 nitrogen and oxygen atoms in total. The Kier molecular flexibility index (Phi) is 8.88. The molecule has 0 radical (unpaired) electrons. The zero-order chi connectivity index (χ0) is 20.4. The van der Waals surface area contributed by atoms with Crippen molar-refractivity contribution < 1.29 is 28.9 Å². The van der Waals surface area contributed by atoms with Crippen LogP contribution in [-0.2, 0) is 14.2 Å². The molecule has 0 fully saturated rings. The van der Waals surface area contributed by atoms with Crippen molar-refractivity contribution in [3.05, 3.63) is 54.6 Å². The van der Waals surface area contributed by atoms with Gasteiger partial charge in [0.15, 0.2) is 0 Å². The van der Waals surface area contributed by atoms with E-state index in [-0.39, 0.29) is 18.6 Å². The summed E-state index contributed by atoms with van der Waals surface area (Å²) in [4.78, 5) is 30.5. The molecule has 0 aliphatic heterocycles. The first-order chi connectivity index (χ1) is 12.7. The van der Waals surface area contributed by atoms with Crippen LogP contribution in [0.5, 0.6) is 5.75 Å². The van der Waals surface area contributed by atoms with Gasteiger partial charge in [-0.15, -0.1) is 0 Å². The highest BCUT2D eigenvalue weighted by atomic mass is 31.2. The number of carboxylic acids is 1. The van der Waals surface area contributed by atoms with Crippen molar-refractivity contribution in [1.29, 1.82) is 0 Å². The van der Waals surface area contributed by atoms with Gasteiger partial charge in [-0.2, -0.15) is 0 Å². The van der Waals surface area contributed by atoms with E-state index in [0.29, 0.717) is 16.4 Å². The Morgan fingerprint density at radius 3 is 2.04 bits per heavy atom. The number of Topliss-reactive ketones (excluding diaryl/α,β-unsaturated/α-hetero) is 1. The summed E-state index contributed by atoms with van der Waals surface area (Å²) in [5.74, 6) is -0.417. The Morgan fingerprint density at radius 1 is 1.07 bits per heavy atom. The lowest BCUT2D eigenvalue weighted by molar-refractivity contribution is -0.138. The van der Waals surface area contributed by atoms with E-state index in [2.05, 4.69) is 0 Å². The summed E-state index contributed by atoms with van der Waals surface area (Å²) in [6.07, 6.45) is 0.470. The third kappa shape index (κ3) is 7.35. The van der Waals surface area contributed by atoms with Crippen molar-refractivity contribution in [1.82, 2.24) is 0 Å². The summed E-state index contributed by atoms with van der Waals surface area (Å²) in [7, 11) is -1.92. The molecular weight excluding hydrogens is 369 g/mol. The number of benzene rings is 2. The van der Waals surface area contributed by atoms with Crippen LogP contribution in [0.1, 0.15) is 19.8 Å². The molecule has 8 heteroatoms. The first-order valence-corrected chi connectivity index (χ1v) is 9.85. The molecule has 0 bridgehead atoms. The molecule has 0 aromatic heterocycles. The van der Waals surface area contributed by atoms with Gasteiger partial charge in [0.05, 0.1) is 7.11 Å². The quantitative estimate of drug-likeness (QED) is 0.611. The zero-order valence-electron chi connectivity index (χ0n) is 15.2. The van der Waals surface area contributed by atoms with E-state index in [4.69, 9.17) is 15.6 Å². The summed E-state index contributed by atoms with van der Waals surface area (Å²) >= 11 is 0. The lowest BCUT2D eigenvalue weighted by Crippen LogP contribution is -2.30. The van der Waals surface area contributed by atoms with Gasteiger partial charge in [0.1, 0.15) is 17.6 Å². The lowest BCUT2D eigenvalue weighted by atomic mass is 10.1. The summed E-state index contributed by atoms with van der Waals surface area (Å²) in [5, 5.41) is 9.10. The van der Waals surface area contributed by atoms with Gasteiger partial charge in [0, 0.05) is 17.0 Å². The number of aliphatic carboxylic acids is 1. The van der Waals surface area contributed by atoms with Crippen molar-refractivity contribution >= 4 is 29.7 Å². The average molecular weight is 393 g/mol. The van der Waals surface area contributed by atoms with Crippen LogP contribution in [0, 0.1) is 0 Å². The molecule has 2 aromatic carbocycles. The van der Waals surface area contributed by atoms with Crippen molar-refractivity contribution in [3.63, 3.8) is 0 Å². The number of hydrogen-bond acceptors (Lipinski definition) is 5. The van der Waals surface area contributed by atoms with Crippen LogP contribution in [0.3, 0.4) is 0 Å². The van der Waals surface area contributed by atoms with Gasteiger partial charge in [-0.25, -0.2) is 0 Å². The molecule has 2 aromatic rings. The van der Waals surface area contributed by atoms with Crippen molar-refractivity contribution in [3.8, 4) is 5.75 Å². The number of carboxylic acid groups (broad SMARTS) is 1. The normalized spacial score (nSPS) is 13.5. The van der Waals surface area contributed by atoms with Gasteiger partial charge < -0.3 is 25.3 Å². The smallest absolute Gasteiger partial charge is 0.320 e. The average Bonchev–Trinajstić information content (AvgIpc) is 2.67. The minimum atomic E-state index is -3.48. The number of carbonyl (C=O) groups excluding carboxylic acids is 1. The van der Waals surface area contributed by atoms with Crippen LogP contribution < -0.4 is 21.1 Å². The summed E-state index contributed by atoms with van der Waals surface area (Å²) < 4.78 is 17.3. The summed E-state index contributed by atoms with van der Waals surface area (Å²) in [5.41, 5.74) is 5.11. The van der Waals surface area contributed by atoms with Gasteiger partial charge in [-0.05, 0) is 49.7 Å². The Balaban J connectivity index is 0.000000314. The molecule has 2 rings (SSSR count). The maximum absolute atomic E-state index is 12.3. The predicted molar refractivity (Wildman–Crippen MR) is 104 cm³/mol. The number of methoxy groups -OCH3 is 1. The number of hydrogen-bond donors (Lipinski definition) is 3. The second-order valence-electron chi connectivity index (χ2n) is 5.80. The molecule has 2 atom stereocenters. The minimum absolute atomic E-state index is 0.0308. The second-order valence-corrected chi connectivity index (χ2v) is 7.98. The maximum atomic E-state index is 12.3. The number of ether oxygens (including phenoxy) is 1. The highest BCUT2D eigenvalue weighted by Crippen LogP contribution is 2.38. The van der Waals surface area contributed by atoms with Gasteiger partial charge >= 0.3 is 5.97 Å². The van der Waals surface area contributed by atoms with Gasteiger partial charge in [-0.3, -0.25) is 9.36 Å². The molecule has 0 spiro atoms. The topological polar surface area (TPSA) is 127 Å². The Labute approximate surface area is 158 Å². The van der Waals surface area contributed by atoms with E-state index in [1.807, 2.05) is 6.07 Å². The van der Waals surface area contributed by atoms with Gasteiger partial charge in [-0.1, -0.05) is 18.2 Å². The number of carbonyl (C=O) groups is 2. The summed E-state index contributed by atoms with van der Waals surface area (Å²) in [6.45, 7) is 1.41. The Bertz CT molecular complexity index is 792. The van der Waals surface area contributed by atoms with E-state index in [1.165, 1.54) is 6.92 Å². The van der Waals surface area contributed by atoms with Crippen molar-refractivity contribution in [2.24, 2.45) is 5.73 Å². The monoisotopic (exact) mass is 393 g/mol. The van der Waals surface area contributed by atoms with Gasteiger partial charge in [0.25, 0.3) is 7.37 Å². The molecule has 0 heterocycles. The van der Waals surface area contributed by atoms with Crippen LogP contribution in [0.2, 0.25) is 0 Å². The second kappa shape index (κ2) is 10.6. The van der Waals surface area contributed by atoms with E-state index in [0.717, 1.165) is 0 Å². The van der Waals surface area contributed by atoms with E-state index >= 15 is 0 Å². The summed E-state index contributed by atoms with van der Waals surface area (Å²) in [6, 6.07) is 14.3. The van der Waals surface area contributed by atoms with Gasteiger partial charge in [0.2, 0.25) is 0 Å². The largest absolute Gasteiger partial charge is 0.497 e. The number of nitrogens with two attached hydrogens (primary N) is 1. The van der Waals surface area contributed by atoms with Crippen LogP contribution in [0.25, 0.3) is 0 Å². The molecule has 0 saturated carbocycles. The van der Waals surface area contributed by atoms with E-state index < -0.39 is 19.4 Å². The SMILES string of the molecule is CC(=O)CCC(N)C(=O)O.COc1ccc(P(=O)(O)c2ccccc2)cc1. The Morgan fingerprint density at radius 2 is 1.59 bits per heavy atom. The van der Waals surface area contributed by atoms with Crippen LogP contribution in [0.15, 0.2) is 54.6 Å². The number of ketones is 1. The third-order valence-corrected chi connectivity index (χ3v) is 5.65. The molecule has 0 amide bonds. The highest BCUT2D eigenvalue weighted by Gasteiger charge is 2.23. The predicted octanol–water partition coefficient (Wildman–Crippen LogP) is 1.68. The molecule has 0 aliphatic rings. The molecule has 2 unspecified atom stereocenters. The minimum Gasteiger partial charge on any atom is -0.497 e. The fourth-order valence-corrected chi connectivity index (χ4v) is 3.47. The van der Waals surface area contributed by atoms with E-state index in [9.17, 15) is 19.0 Å².